The first-order chi connectivity index (χ1) is 9.31. The molecule has 6 heteroatoms. The summed E-state index contributed by atoms with van der Waals surface area (Å²) in [4.78, 5) is 4.25. The van der Waals surface area contributed by atoms with E-state index >= 15 is 0 Å². The van der Waals surface area contributed by atoms with Crippen molar-refractivity contribution in [1.82, 2.24) is 15.5 Å². The second kappa shape index (κ2) is 6.24. The molecule has 0 saturated carbocycles. The van der Waals surface area contributed by atoms with E-state index in [9.17, 15) is 0 Å². The molecule has 1 N–H and O–H groups in total. The van der Waals surface area contributed by atoms with E-state index in [0.717, 1.165) is 19.4 Å². The van der Waals surface area contributed by atoms with Gasteiger partial charge in [0, 0.05) is 12.6 Å². The van der Waals surface area contributed by atoms with E-state index in [-0.39, 0.29) is 12.2 Å². The Hall–Kier alpha value is -0.590. The highest BCUT2D eigenvalue weighted by Gasteiger charge is 2.30. The van der Waals surface area contributed by atoms with E-state index in [0.29, 0.717) is 17.8 Å². The molecule has 0 bridgehead atoms. The Morgan fingerprint density at radius 1 is 1.26 bits per heavy atom. The standard InChI is InChI=1S/C13H21N3O2S/c1-9-15-13(18-16-9)12-3-2-11(17-12)8-14-10-4-6-19-7-5-10/h10-12,14H,2-8H2,1H3/t11-,12+/m1/s1. The highest BCUT2D eigenvalue weighted by atomic mass is 32.2. The molecule has 2 aliphatic rings. The second-order valence-corrected chi connectivity index (χ2v) is 6.52. The fourth-order valence-electron chi connectivity index (χ4n) is 2.68. The quantitative estimate of drug-likeness (QED) is 0.913. The third-order valence-corrected chi connectivity index (χ3v) is 4.83. The third-order valence-electron chi connectivity index (χ3n) is 3.78. The molecule has 0 unspecified atom stereocenters. The monoisotopic (exact) mass is 283 g/mol. The van der Waals surface area contributed by atoms with Crippen molar-refractivity contribution in [3.63, 3.8) is 0 Å². The van der Waals surface area contributed by atoms with Crippen LogP contribution >= 0.6 is 11.8 Å². The summed E-state index contributed by atoms with van der Waals surface area (Å²) in [6.07, 6.45) is 4.89. The van der Waals surface area contributed by atoms with Gasteiger partial charge in [0.2, 0.25) is 0 Å². The third kappa shape index (κ3) is 3.49. The fraction of sp³-hybridized carbons (Fsp3) is 0.846. The van der Waals surface area contributed by atoms with Crippen LogP contribution in [0.1, 0.15) is 43.5 Å². The molecule has 2 fully saturated rings. The number of rotatable bonds is 4. The average Bonchev–Trinajstić information content (AvgIpc) is 3.06. The molecule has 2 atom stereocenters. The smallest absolute Gasteiger partial charge is 0.255 e. The molecule has 0 amide bonds. The van der Waals surface area contributed by atoms with Gasteiger partial charge in [0.25, 0.3) is 5.89 Å². The lowest BCUT2D eigenvalue weighted by molar-refractivity contribution is 0.0251. The van der Waals surface area contributed by atoms with Crippen LogP contribution in [-0.2, 0) is 4.74 Å². The molecule has 1 aromatic rings. The lowest BCUT2D eigenvalue weighted by Gasteiger charge is -2.24. The highest BCUT2D eigenvalue weighted by molar-refractivity contribution is 7.99. The zero-order chi connectivity index (χ0) is 13.1. The number of hydrogen-bond donors (Lipinski definition) is 1. The largest absolute Gasteiger partial charge is 0.364 e. The van der Waals surface area contributed by atoms with Gasteiger partial charge in [-0.05, 0) is 44.1 Å². The normalized spacial score (nSPS) is 28.9. The Bertz CT molecular complexity index is 406. The summed E-state index contributed by atoms with van der Waals surface area (Å²) < 4.78 is 11.2. The summed E-state index contributed by atoms with van der Waals surface area (Å²) in [6, 6.07) is 0.676. The van der Waals surface area contributed by atoms with Crippen molar-refractivity contribution in [2.45, 2.75) is 50.9 Å². The van der Waals surface area contributed by atoms with Crippen LogP contribution in [0.2, 0.25) is 0 Å². The molecular formula is C13H21N3O2S. The van der Waals surface area contributed by atoms with Gasteiger partial charge < -0.3 is 14.6 Å². The van der Waals surface area contributed by atoms with Crippen LogP contribution in [0.3, 0.4) is 0 Å². The van der Waals surface area contributed by atoms with Crippen LogP contribution in [0.4, 0.5) is 0 Å². The first-order valence-electron chi connectivity index (χ1n) is 7.08. The number of nitrogens with one attached hydrogen (secondary N) is 1. The van der Waals surface area contributed by atoms with E-state index in [4.69, 9.17) is 9.26 Å². The maximum atomic E-state index is 5.99. The summed E-state index contributed by atoms with van der Waals surface area (Å²) in [7, 11) is 0. The van der Waals surface area contributed by atoms with Gasteiger partial charge >= 0.3 is 0 Å². The van der Waals surface area contributed by atoms with Crippen molar-refractivity contribution in [2.24, 2.45) is 0 Å². The molecule has 0 aromatic carbocycles. The van der Waals surface area contributed by atoms with Crippen LogP contribution in [0.25, 0.3) is 0 Å². The van der Waals surface area contributed by atoms with Gasteiger partial charge in [0.05, 0.1) is 6.10 Å². The molecule has 5 nitrogen and oxygen atoms in total. The van der Waals surface area contributed by atoms with E-state index < -0.39 is 0 Å². The Balaban J connectivity index is 1.44. The van der Waals surface area contributed by atoms with Crippen LogP contribution in [0.15, 0.2) is 4.52 Å². The molecule has 2 saturated heterocycles. The molecule has 3 rings (SSSR count). The van der Waals surface area contributed by atoms with Crippen molar-refractivity contribution < 1.29 is 9.26 Å². The van der Waals surface area contributed by atoms with Crippen LogP contribution in [0, 0.1) is 6.92 Å². The minimum Gasteiger partial charge on any atom is -0.364 e. The summed E-state index contributed by atoms with van der Waals surface area (Å²) in [5.74, 6) is 3.88. The first-order valence-corrected chi connectivity index (χ1v) is 8.23. The number of hydrogen-bond acceptors (Lipinski definition) is 6. The summed E-state index contributed by atoms with van der Waals surface area (Å²) in [6.45, 7) is 2.78. The lowest BCUT2D eigenvalue weighted by Crippen LogP contribution is -2.37. The van der Waals surface area contributed by atoms with E-state index in [1.807, 2.05) is 6.92 Å². The molecular weight excluding hydrogens is 262 g/mol. The fourth-order valence-corrected chi connectivity index (χ4v) is 3.79. The Morgan fingerprint density at radius 3 is 2.84 bits per heavy atom. The lowest BCUT2D eigenvalue weighted by atomic mass is 10.1. The minimum absolute atomic E-state index is 0.00471. The van der Waals surface area contributed by atoms with Gasteiger partial charge in [0.15, 0.2) is 5.82 Å². The summed E-state index contributed by atoms with van der Waals surface area (Å²) in [5.41, 5.74) is 0. The predicted molar refractivity (Wildman–Crippen MR) is 74.2 cm³/mol. The van der Waals surface area contributed by atoms with Crippen LogP contribution in [-0.4, -0.2) is 40.3 Å². The Morgan fingerprint density at radius 2 is 2.11 bits per heavy atom. The molecule has 3 heterocycles. The Labute approximate surface area is 117 Å². The molecule has 19 heavy (non-hydrogen) atoms. The highest BCUT2D eigenvalue weighted by Crippen LogP contribution is 2.31. The van der Waals surface area contributed by atoms with Crippen molar-refractivity contribution in [2.75, 3.05) is 18.1 Å². The van der Waals surface area contributed by atoms with Crippen molar-refractivity contribution >= 4 is 11.8 Å². The van der Waals surface area contributed by atoms with E-state index in [2.05, 4.69) is 27.2 Å². The molecule has 0 aliphatic carbocycles. The zero-order valence-corrected chi connectivity index (χ0v) is 12.1. The van der Waals surface area contributed by atoms with E-state index in [1.165, 1.54) is 24.3 Å². The van der Waals surface area contributed by atoms with Gasteiger partial charge in [-0.3, -0.25) is 0 Å². The zero-order valence-electron chi connectivity index (χ0n) is 11.3. The number of nitrogens with zero attached hydrogens (tertiary/aromatic N) is 2. The van der Waals surface area contributed by atoms with Crippen LogP contribution in [0.5, 0.6) is 0 Å². The number of ether oxygens (including phenoxy) is 1. The molecule has 1 aromatic heterocycles. The topological polar surface area (TPSA) is 60.2 Å². The molecule has 0 spiro atoms. The maximum Gasteiger partial charge on any atom is 0.255 e. The maximum absolute atomic E-state index is 5.99. The van der Waals surface area contributed by atoms with Gasteiger partial charge in [-0.25, -0.2) is 0 Å². The van der Waals surface area contributed by atoms with E-state index in [1.54, 1.807) is 0 Å². The minimum atomic E-state index is -0.00471. The van der Waals surface area contributed by atoms with Gasteiger partial charge in [-0.1, -0.05) is 5.16 Å². The molecule has 0 radical (unpaired) electrons. The Kier molecular flexibility index (Phi) is 4.40. The summed E-state index contributed by atoms with van der Waals surface area (Å²) in [5, 5.41) is 7.46. The molecule has 2 aliphatic heterocycles. The van der Waals surface area contributed by atoms with Crippen molar-refractivity contribution in [3.05, 3.63) is 11.7 Å². The van der Waals surface area contributed by atoms with Gasteiger partial charge in [-0.15, -0.1) is 0 Å². The SMILES string of the molecule is Cc1noc([C@@H]2CC[C@H](CNC3CCSCC3)O2)n1. The van der Waals surface area contributed by atoms with Crippen LogP contribution < -0.4 is 5.32 Å². The number of thioether (sulfide) groups is 1. The predicted octanol–water partition coefficient (Wildman–Crippen LogP) is 2.08. The number of aryl methyl sites for hydroxylation is 1. The second-order valence-electron chi connectivity index (χ2n) is 5.30. The van der Waals surface area contributed by atoms with Gasteiger partial charge in [0.1, 0.15) is 6.10 Å². The number of aromatic nitrogens is 2. The van der Waals surface area contributed by atoms with Crippen molar-refractivity contribution in [1.29, 1.82) is 0 Å². The molecule has 106 valence electrons. The van der Waals surface area contributed by atoms with Crippen molar-refractivity contribution in [3.8, 4) is 0 Å². The summed E-state index contributed by atoms with van der Waals surface area (Å²) >= 11 is 2.06. The van der Waals surface area contributed by atoms with Gasteiger partial charge in [-0.2, -0.15) is 16.7 Å². The average molecular weight is 283 g/mol. The first kappa shape index (κ1) is 13.4.